The van der Waals surface area contributed by atoms with Crippen molar-refractivity contribution in [1.29, 1.82) is 5.26 Å². The number of carbonyl (C=O) groups excluding carboxylic acids is 2. The number of esters is 1. The lowest BCUT2D eigenvalue weighted by atomic mass is 10.2. The number of benzene rings is 2. The molecule has 1 heterocycles. The van der Waals surface area contributed by atoms with Crippen LogP contribution in [0.4, 0.5) is 5.69 Å². The molecule has 3 rings (SSSR count). The summed E-state index contributed by atoms with van der Waals surface area (Å²) in [6.45, 7) is -0.518. The molecule has 0 radical (unpaired) electrons. The van der Waals surface area contributed by atoms with Gasteiger partial charge in [-0.25, -0.2) is 9.78 Å². The van der Waals surface area contributed by atoms with E-state index >= 15 is 0 Å². The van der Waals surface area contributed by atoms with Crippen LogP contribution in [0, 0.1) is 11.3 Å². The van der Waals surface area contributed by atoms with Gasteiger partial charge in [0, 0.05) is 11.9 Å². The third kappa shape index (κ3) is 5.31. The highest BCUT2D eigenvalue weighted by atomic mass is 35.5. The maximum atomic E-state index is 12.4. The summed E-state index contributed by atoms with van der Waals surface area (Å²) in [5.74, 6) is -0.732. The first-order valence-electron chi connectivity index (χ1n) is 8.41. The van der Waals surface area contributed by atoms with Crippen molar-refractivity contribution in [2.75, 3.05) is 11.9 Å². The van der Waals surface area contributed by atoms with Crippen molar-refractivity contribution in [3.05, 3.63) is 83.0 Å². The van der Waals surface area contributed by atoms with E-state index in [2.05, 4.69) is 10.3 Å². The van der Waals surface area contributed by atoms with Gasteiger partial charge in [-0.15, -0.1) is 0 Å². The first kappa shape index (κ1) is 19.9. The SMILES string of the molecule is N#Cc1ccc(NC(=O)COC(=O)c2cccnc2Oc2ccccc2)cc1Cl. The van der Waals surface area contributed by atoms with E-state index in [0.717, 1.165) is 0 Å². The lowest BCUT2D eigenvalue weighted by molar-refractivity contribution is -0.119. The molecule has 0 fully saturated rings. The normalized spacial score (nSPS) is 9.93. The highest BCUT2D eigenvalue weighted by Crippen LogP contribution is 2.23. The number of pyridine rings is 1. The zero-order valence-electron chi connectivity index (χ0n) is 15.0. The van der Waals surface area contributed by atoms with Crippen LogP contribution < -0.4 is 10.1 Å². The monoisotopic (exact) mass is 407 g/mol. The molecule has 0 saturated carbocycles. The predicted molar refractivity (Wildman–Crippen MR) is 106 cm³/mol. The van der Waals surface area contributed by atoms with Gasteiger partial charge in [0.15, 0.2) is 6.61 Å². The number of halogens is 1. The van der Waals surface area contributed by atoms with E-state index in [1.165, 1.54) is 30.5 Å². The molecule has 0 aliphatic carbocycles. The van der Waals surface area contributed by atoms with Crippen molar-refractivity contribution in [3.63, 3.8) is 0 Å². The number of hydrogen-bond acceptors (Lipinski definition) is 6. The lowest BCUT2D eigenvalue weighted by Gasteiger charge is -2.10. The minimum Gasteiger partial charge on any atom is -0.452 e. The average molecular weight is 408 g/mol. The number of nitrogens with one attached hydrogen (secondary N) is 1. The number of rotatable bonds is 6. The molecule has 1 amide bonds. The molecular formula is C21H14ClN3O4. The van der Waals surface area contributed by atoms with Gasteiger partial charge in [-0.2, -0.15) is 5.26 Å². The van der Waals surface area contributed by atoms with Crippen LogP contribution in [0.15, 0.2) is 66.9 Å². The Kier molecular flexibility index (Phi) is 6.40. The van der Waals surface area contributed by atoms with Crippen molar-refractivity contribution in [1.82, 2.24) is 4.98 Å². The number of carbonyl (C=O) groups is 2. The maximum Gasteiger partial charge on any atom is 0.344 e. The van der Waals surface area contributed by atoms with Gasteiger partial charge >= 0.3 is 5.97 Å². The third-order valence-electron chi connectivity index (χ3n) is 3.66. The molecule has 0 bridgehead atoms. The number of hydrogen-bond donors (Lipinski definition) is 1. The van der Waals surface area contributed by atoms with Crippen LogP contribution in [-0.4, -0.2) is 23.5 Å². The van der Waals surface area contributed by atoms with Crippen LogP contribution >= 0.6 is 11.6 Å². The van der Waals surface area contributed by atoms with Crippen molar-refractivity contribution >= 4 is 29.2 Å². The lowest BCUT2D eigenvalue weighted by Crippen LogP contribution is -2.21. The molecule has 0 aliphatic heterocycles. The van der Waals surface area contributed by atoms with Crippen LogP contribution in [-0.2, 0) is 9.53 Å². The van der Waals surface area contributed by atoms with E-state index in [-0.39, 0.29) is 16.5 Å². The Hall–Kier alpha value is -3.89. The molecular weight excluding hydrogens is 394 g/mol. The van der Waals surface area contributed by atoms with Crippen molar-refractivity contribution in [2.45, 2.75) is 0 Å². The number of amides is 1. The van der Waals surface area contributed by atoms with Crippen LogP contribution in [0.3, 0.4) is 0 Å². The van der Waals surface area contributed by atoms with Gasteiger partial charge < -0.3 is 14.8 Å². The maximum absolute atomic E-state index is 12.4. The summed E-state index contributed by atoms with van der Waals surface area (Å²) in [4.78, 5) is 28.5. The standard InChI is InChI=1S/C21H14ClN3O4/c22-18-11-15(9-8-14(18)12-23)25-19(26)13-28-21(27)17-7-4-10-24-20(17)29-16-5-2-1-3-6-16/h1-11H,13H2,(H,25,26). The molecule has 8 heteroatoms. The van der Waals surface area contributed by atoms with Gasteiger partial charge in [-0.3, -0.25) is 4.79 Å². The minimum absolute atomic E-state index is 0.0722. The summed E-state index contributed by atoms with van der Waals surface area (Å²) in [6.07, 6.45) is 1.48. The summed E-state index contributed by atoms with van der Waals surface area (Å²) in [5.41, 5.74) is 0.758. The van der Waals surface area contributed by atoms with Crippen molar-refractivity contribution in [3.8, 4) is 17.7 Å². The first-order valence-corrected chi connectivity index (χ1v) is 8.79. The van der Waals surface area contributed by atoms with E-state index in [1.807, 2.05) is 12.1 Å². The fraction of sp³-hybridized carbons (Fsp3) is 0.0476. The first-order chi connectivity index (χ1) is 14.1. The Morgan fingerprint density at radius 2 is 1.90 bits per heavy atom. The Bertz CT molecular complexity index is 1080. The highest BCUT2D eigenvalue weighted by molar-refractivity contribution is 6.32. The molecule has 0 spiro atoms. The Balaban J connectivity index is 1.61. The van der Waals surface area contributed by atoms with Crippen LogP contribution in [0.2, 0.25) is 5.02 Å². The number of nitrogens with zero attached hydrogens (tertiary/aromatic N) is 2. The summed E-state index contributed by atoms with van der Waals surface area (Å²) < 4.78 is 10.7. The molecule has 3 aromatic rings. The van der Waals surface area contributed by atoms with Crippen molar-refractivity contribution < 1.29 is 19.1 Å². The van der Waals surface area contributed by atoms with Gasteiger partial charge in [0.2, 0.25) is 5.88 Å². The zero-order chi connectivity index (χ0) is 20.6. The average Bonchev–Trinajstić information content (AvgIpc) is 2.73. The van der Waals surface area contributed by atoms with E-state index < -0.39 is 18.5 Å². The van der Waals surface area contributed by atoms with Crippen LogP contribution in [0.25, 0.3) is 0 Å². The van der Waals surface area contributed by atoms with Crippen molar-refractivity contribution in [2.24, 2.45) is 0 Å². The topological polar surface area (TPSA) is 101 Å². The molecule has 0 unspecified atom stereocenters. The van der Waals surface area contributed by atoms with Gasteiger partial charge in [-0.05, 0) is 42.5 Å². The minimum atomic E-state index is -0.753. The number of nitriles is 1. The molecule has 1 N–H and O–H groups in total. The number of para-hydroxylation sites is 1. The fourth-order valence-electron chi connectivity index (χ4n) is 2.32. The molecule has 29 heavy (non-hydrogen) atoms. The van der Waals surface area contributed by atoms with E-state index in [1.54, 1.807) is 30.3 Å². The second kappa shape index (κ2) is 9.35. The van der Waals surface area contributed by atoms with Crippen LogP contribution in [0.5, 0.6) is 11.6 Å². The Morgan fingerprint density at radius 3 is 2.62 bits per heavy atom. The number of aromatic nitrogens is 1. The zero-order valence-corrected chi connectivity index (χ0v) is 15.7. The smallest absolute Gasteiger partial charge is 0.344 e. The second-order valence-electron chi connectivity index (χ2n) is 5.70. The van der Waals surface area contributed by atoms with Crippen LogP contribution in [0.1, 0.15) is 15.9 Å². The molecule has 0 atom stereocenters. The van der Waals surface area contributed by atoms with E-state index in [0.29, 0.717) is 17.0 Å². The largest absolute Gasteiger partial charge is 0.452 e. The Morgan fingerprint density at radius 1 is 1.10 bits per heavy atom. The highest BCUT2D eigenvalue weighted by Gasteiger charge is 2.17. The van der Waals surface area contributed by atoms with Gasteiger partial charge in [-0.1, -0.05) is 29.8 Å². The summed E-state index contributed by atoms with van der Waals surface area (Å²) in [7, 11) is 0. The molecule has 7 nitrogen and oxygen atoms in total. The second-order valence-corrected chi connectivity index (χ2v) is 6.11. The predicted octanol–water partition coefficient (Wildman–Crippen LogP) is 4.19. The molecule has 0 saturated heterocycles. The summed E-state index contributed by atoms with van der Waals surface area (Å²) in [6, 6.07) is 18.3. The van der Waals surface area contributed by atoms with Gasteiger partial charge in [0.1, 0.15) is 17.4 Å². The van der Waals surface area contributed by atoms with E-state index in [4.69, 9.17) is 26.3 Å². The summed E-state index contributed by atoms with van der Waals surface area (Å²) >= 11 is 5.92. The molecule has 144 valence electrons. The third-order valence-corrected chi connectivity index (χ3v) is 3.97. The van der Waals surface area contributed by atoms with Gasteiger partial charge in [0.05, 0.1) is 10.6 Å². The number of ether oxygens (including phenoxy) is 2. The molecule has 2 aromatic carbocycles. The van der Waals surface area contributed by atoms with E-state index in [9.17, 15) is 9.59 Å². The van der Waals surface area contributed by atoms with Gasteiger partial charge in [0.25, 0.3) is 5.91 Å². The molecule has 1 aromatic heterocycles. The quantitative estimate of drug-likeness (QED) is 0.614. The number of anilines is 1. The molecule has 0 aliphatic rings. The summed E-state index contributed by atoms with van der Waals surface area (Å²) in [5, 5.41) is 11.6. The Labute approximate surface area is 171 Å². The fourth-order valence-corrected chi connectivity index (χ4v) is 2.54.